The number of aromatic nitrogens is 2. The molecule has 2 fully saturated rings. The van der Waals surface area contributed by atoms with Crippen molar-refractivity contribution in [1.82, 2.24) is 20.4 Å². The average molecular weight is 367 g/mol. The number of H-pyrrole nitrogens is 1. The van der Waals surface area contributed by atoms with E-state index >= 15 is 0 Å². The van der Waals surface area contributed by atoms with Crippen molar-refractivity contribution in [3.05, 3.63) is 52.8 Å². The predicted molar refractivity (Wildman–Crippen MR) is 107 cm³/mol. The normalized spacial score (nSPS) is 20.6. The lowest BCUT2D eigenvalue weighted by Crippen LogP contribution is -2.41. The number of hydrogen-bond acceptors (Lipinski definition) is 3. The Hall–Kier alpha value is -2.14. The van der Waals surface area contributed by atoms with Gasteiger partial charge < -0.3 is 10.2 Å². The SMILES string of the molecule is Cc1[nH]nc(C2CC2)c1C(=O)NCC1CCCN(CCc2ccccc2)C1. The molecule has 1 atom stereocenters. The Morgan fingerprint density at radius 2 is 2.07 bits per heavy atom. The van der Waals surface area contributed by atoms with Gasteiger partial charge >= 0.3 is 0 Å². The van der Waals surface area contributed by atoms with Crippen LogP contribution in [0.1, 0.15) is 58.9 Å². The van der Waals surface area contributed by atoms with Crippen LogP contribution in [-0.2, 0) is 6.42 Å². The molecule has 0 spiro atoms. The minimum atomic E-state index is 0.0459. The summed E-state index contributed by atoms with van der Waals surface area (Å²) < 4.78 is 0. The number of piperidine rings is 1. The minimum Gasteiger partial charge on any atom is -0.352 e. The maximum Gasteiger partial charge on any atom is 0.255 e. The summed E-state index contributed by atoms with van der Waals surface area (Å²) in [5.74, 6) is 1.07. The van der Waals surface area contributed by atoms with Crippen LogP contribution >= 0.6 is 0 Å². The number of carbonyl (C=O) groups is 1. The molecule has 2 aromatic rings. The molecule has 1 aliphatic carbocycles. The van der Waals surface area contributed by atoms with E-state index in [2.05, 4.69) is 50.7 Å². The van der Waals surface area contributed by atoms with Gasteiger partial charge in [0, 0.05) is 31.2 Å². The predicted octanol–water partition coefficient (Wildman–Crippen LogP) is 3.28. The van der Waals surface area contributed by atoms with E-state index in [9.17, 15) is 4.79 Å². The fourth-order valence-electron chi connectivity index (χ4n) is 4.17. The zero-order valence-corrected chi connectivity index (χ0v) is 16.2. The van der Waals surface area contributed by atoms with Crippen LogP contribution in [0, 0.1) is 12.8 Å². The first-order chi connectivity index (χ1) is 13.2. The molecule has 5 heteroatoms. The third-order valence-electron chi connectivity index (χ3n) is 5.88. The number of aromatic amines is 1. The highest BCUT2D eigenvalue weighted by molar-refractivity contribution is 5.96. The van der Waals surface area contributed by atoms with E-state index in [4.69, 9.17) is 0 Å². The van der Waals surface area contributed by atoms with Crippen molar-refractivity contribution in [1.29, 1.82) is 0 Å². The zero-order valence-electron chi connectivity index (χ0n) is 16.2. The van der Waals surface area contributed by atoms with Gasteiger partial charge in [0.1, 0.15) is 0 Å². The Bertz CT molecular complexity index is 766. The number of nitrogens with one attached hydrogen (secondary N) is 2. The summed E-state index contributed by atoms with van der Waals surface area (Å²) in [5.41, 5.74) is 4.05. The fourth-order valence-corrected chi connectivity index (χ4v) is 4.17. The fraction of sp³-hybridized carbons (Fsp3) is 0.545. The third-order valence-corrected chi connectivity index (χ3v) is 5.88. The molecule has 0 radical (unpaired) electrons. The first kappa shape index (κ1) is 18.2. The molecule has 1 aromatic carbocycles. The second kappa shape index (κ2) is 8.26. The minimum absolute atomic E-state index is 0.0459. The van der Waals surface area contributed by atoms with Gasteiger partial charge in [0.2, 0.25) is 0 Å². The second-order valence-corrected chi connectivity index (χ2v) is 8.14. The van der Waals surface area contributed by atoms with E-state index < -0.39 is 0 Å². The molecular formula is C22H30N4O. The highest BCUT2D eigenvalue weighted by Crippen LogP contribution is 2.41. The molecular weight excluding hydrogens is 336 g/mol. The number of likely N-dealkylation sites (tertiary alicyclic amines) is 1. The summed E-state index contributed by atoms with van der Waals surface area (Å²) in [6, 6.07) is 10.7. The van der Waals surface area contributed by atoms with Crippen LogP contribution < -0.4 is 5.32 Å². The van der Waals surface area contributed by atoms with Crippen molar-refractivity contribution >= 4 is 5.91 Å². The number of carbonyl (C=O) groups excluding carboxylic acids is 1. The molecule has 2 heterocycles. The molecule has 1 saturated carbocycles. The quantitative estimate of drug-likeness (QED) is 0.790. The largest absolute Gasteiger partial charge is 0.352 e. The Morgan fingerprint density at radius 3 is 2.85 bits per heavy atom. The van der Waals surface area contributed by atoms with Gasteiger partial charge in [-0.05, 0) is 57.1 Å². The molecule has 1 aromatic heterocycles. The van der Waals surface area contributed by atoms with Crippen molar-refractivity contribution in [3.63, 3.8) is 0 Å². The van der Waals surface area contributed by atoms with E-state index in [0.29, 0.717) is 11.8 Å². The standard InChI is InChI=1S/C22H30N4O/c1-16-20(21(25-24-16)19-9-10-19)22(27)23-14-18-8-5-12-26(15-18)13-11-17-6-3-2-4-7-17/h2-4,6-7,18-19H,5,8-15H2,1H3,(H,23,27)(H,24,25). The maximum absolute atomic E-state index is 12.7. The van der Waals surface area contributed by atoms with Crippen molar-refractivity contribution in [2.24, 2.45) is 5.92 Å². The van der Waals surface area contributed by atoms with Crippen LogP contribution in [0.15, 0.2) is 30.3 Å². The van der Waals surface area contributed by atoms with Gasteiger partial charge in [0.05, 0.1) is 11.3 Å². The third kappa shape index (κ3) is 4.59. The number of amides is 1. The van der Waals surface area contributed by atoms with E-state index in [0.717, 1.165) is 55.8 Å². The molecule has 2 aliphatic rings. The van der Waals surface area contributed by atoms with Crippen LogP contribution in [0.3, 0.4) is 0 Å². The molecule has 1 unspecified atom stereocenters. The van der Waals surface area contributed by atoms with Crippen LogP contribution in [-0.4, -0.2) is 47.2 Å². The van der Waals surface area contributed by atoms with Gasteiger partial charge in [-0.2, -0.15) is 5.10 Å². The lowest BCUT2D eigenvalue weighted by atomic mass is 9.97. The topological polar surface area (TPSA) is 61.0 Å². The Morgan fingerprint density at radius 1 is 1.26 bits per heavy atom. The van der Waals surface area contributed by atoms with Gasteiger partial charge in [-0.3, -0.25) is 9.89 Å². The Balaban J connectivity index is 1.27. The summed E-state index contributed by atoms with van der Waals surface area (Å²) in [4.78, 5) is 15.3. The Labute approximate surface area is 161 Å². The molecule has 1 aliphatic heterocycles. The van der Waals surface area contributed by atoms with Crippen molar-refractivity contribution in [3.8, 4) is 0 Å². The van der Waals surface area contributed by atoms with E-state index in [1.165, 1.54) is 24.9 Å². The van der Waals surface area contributed by atoms with Crippen LogP contribution in [0.5, 0.6) is 0 Å². The number of rotatable bonds is 7. The van der Waals surface area contributed by atoms with Crippen LogP contribution in [0.4, 0.5) is 0 Å². The van der Waals surface area contributed by atoms with Crippen molar-refractivity contribution in [2.75, 3.05) is 26.2 Å². The van der Waals surface area contributed by atoms with E-state index in [-0.39, 0.29) is 5.91 Å². The van der Waals surface area contributed by atoms with Gasteiger partial charge in [0.25, 0.3) is 5.91 Å². The molecule has 27 heavy (non-hydrogen) atoms. The molecule has 144 valence electrons. The number of hydrogen-bond donors (Lipinski definition) is 2. The molecule has 4 rings (SSSR count). The lowest BCUT2D eigenvalue weighted by molar-refractivity contribution is 0.0931. The Kier molecular flexibility index (Phi) is 5.58. The first-order valence-electron chi connectivity index (χ1n) is 10.3. The monoisotopic (exact) mass is 366 g/mol. The van der Waals surface area contributed by atoms with Gasteiger partial charge in [-0.15, -0.1) is 0 Å². The first-order valence-corrected chi connectivity index (χ1v) is 10.3. The lowest BCUT2D eigenvalue weighted by Gasteiger charge is -2.32. The maximum atomic E-state index is 12.7. The van der Waals surface area contributed by atoms with E-state index in [1.807, 2.05) is 6.92 Å². The summed E-state index contributed by atoms with van der Waals surface area (Å²) in [6.45, 7) is 6.05. The summed E-state index contributed by atoms with van der Waals surface area (Å²) >= 11 is 0. The molecule has 2 N–H and O–H groups in total. The van der Waals surface area contributed by atoms with Gasteiger partial charge in [0.15, 0.2) is 0 Å². The zero-order chi connectivity index (χ0) is 18.6. The number of aryl methyl sites for hydroxylation is 1. The molecule has 0 bridgehead atoms. The van der Waals surface area contributed by atoms with E-state index in [1.54, 1.807) is 0 Å². The van der Waals surface area contributed by atoms with Gasteiger partial charge in [-0.1, -0.05) is 30.3 Å². The number of nitrogens with zero attached hydrogens (tertiary/aromatic N) is 2. The highest BCUT2D eigenvalue weighted by Gasteiger charge is 2.32. The highest BCUT2D eigenvalue weighted by atomic mass is 16.1. The summed E-state index contributed by atoms with van der Waals surface area (Å²) in [6.07, 6.45) is 5.82. The second-order valence-electron chi connectivity index (χ2n) is 8.14. The molecule has 1 saturated heterocycles. The van der Waals surface area contributed by atoms with Crippen LogP contribution in [0.2, 0.25) is 0 Å². The number of benzene rings is 1. The summed E-state index contributed by atoms with van der Waals surface area (Å²) in [7, 11) is 0. The molecule has 5 nitrogen and oxygen atoms in total. The van der Waals surface area contributed by atoms with Crippen molar-refractivity contribution < 1.29 is 4.79 Å². The average Bonchev–Trinajstić information content (AvgIpc) is 3.47. The van der Waals surface area contributed by atoms with Crippen molar-refractivity contribution in [2.45, 2.75) is 44.9 Å². The molecule has 1 amide bonds. The summed E-state index contributed by atoms with van der Waals surface area (Å²) in [5, 5.41) is 10.5. The van der Waals surface area contributed by atoms with Gasteiger partial charge in [-0.25, -0.2) is 0 Å². The van der Waals surface area contributed by atoms with Crippen LogP contribution in [0.25, 0.3) is 0 Å². The smallest absolute Gasteiger partial charge is 0.255 e.